The normalized spacial score (nSPS) is 10.7. The lowest BCUT2D eigenvalue weighted by Crippen LogP contribution is -2.24. The standard InChI is InChI=1S/C17H16FN3OS/c1-2-14-15(20-17(23-14)21-9-5-6-10-21)16(22)19-11-12-7-3-4-8-13(12)18/h3-10H,2,11H2,1H3,(H,19,22). The molecule has 1 N–H and O–H groups in total. The van der Waals surface area contributed by atoms with Crippen molar-refractivity contribution in [3.05, 3.63) is 70.7 Å². The molecule has 0 saturated heterocycles. The molecule has 4 nitrogen and oxygen atoms in total. The van der Waals surface area contributed by atoms with Crippen LogP contribution in [0.4, 0.5) is 4.39 Å². The largest absolute Gasteiger partial charge is 0.346 e. The minimum absolute atomic E-state index is 0.144. The van der Waals surface area contributed by atoms with E-state index in [9.17, 15) is 9.18 Å². The Labute approximate surface area is 137 Å². The van der Waals surface area contributed by atoms with Crippen molar-refractivity contribution >= 4 is 17.2 Å². The predicted molar refractivity (Wildman–Crippen MR) is 88.4 cm³/mol. The van der Waals surface area contributed by atoms with E-state index in [0.717, 1.165) is 16.4 Å². The van der Waals surface area contributed by atoms with Crippen molar-refractivity contribution in [1.29, 1.82) is 0 Å². The first-order chi connectivity index (χ1) is 11.2. The number of benzene rings is 1. The molecule has 3 rings (SSSR count). The van der Waals surface area contributed by atoms with E-state index in [2.05, 4.69) is 10.3 Å². The number of carbonyl (C=O) groups is 1. The van der Waals surface area contributed by atoms with E-state index in [4.69, 9.17) is 0 Å². The molecule has 2 heterocycles. The minimum Gasteiger partial charge on any atom is -0.346 e. The summed E-state index contributed by atoms with van der Waals surface area (Å²) in [5.74, 6) is -0.602. The first-order valence-corrected chi connectivity index (χ1v) is 8.15. The van der Waals surface area contributed by atoms with Gasteiger partial charge in [-0.25, -0.2) is 9.37 Å². The summed E-state index contributed by atoms with van der Waals surface area (Å²) in [4.78, 5) is 17.7. The van der Waals surface area contributed by atoms with Gasteiger partial charge in [-0.3, -0.25) is 4.79 Å². The van der Waals surface area contributed by atoms with Crippen molar-refractivity contribution in [2.24, 2.45) is 0 Å². The maximum atomic E-state index is 13.6. The number of nitrogens with one attached hydrogen (secondary N) is 1. The molecule has 0 bridgehead atoms. The molecule has 0 spiro atoms. The van der Waals surface area contributed by atoms with E-state index in [0.29, 0.717) is 11.3 Å². The molecule has 0 fully saturated rings. The molecule has 0 aliphatic carbocycles. The lowest BCUT2D eigenvalue weighted by atomic mass is 10.2. The second-order valence-corrected chi connectivity index (χ2v) is 6.05. The summed E-state index contributed by atoms with van der Waals surface area (Å²) in [6, 6.07) is 10.2. The number of aromatic nitrogens is 2. The fraction of sp³-hybridized carbons (Fsp3) is 0.176. The van der Waals surface area contributed by atoms with Gasteiger partial charge >= 0.3 is 0 Å². The fourth-order valence-electron chi connectivity index (χ4n) is 2.23. The first kappa shape index (κ1) is 15.4. The van der Waals surface area contributed by atoms with Crippen LogP contribution in [-0.4, -0.2) is 15.5 Å². The maximum absolute atomic E-state index is 13.6. The molecule has 3 aromatic rings. The number of hydrogen-bond donors (Lipinski definition) is 1. The van der Waals surface area contributed by atoms with Crippen molar-refractivity contribution in [1.82, 2.24) is 14.9 Å². The Morgan fingerprint density at radius 3 is 2.70 bits per heavy atom. The van der Waals surface area contributed by atoms with E-state index >= 15 is 0 Å². The lowest BCUT2D eigenvalue weighted by molar-refractivity contribution is 0.0945. The first-order valence-electron chi connectivity index (χ1n) is 7.33. The van der Waals surface area contributed by atoms with Crippen molar-refractivity contribution in [2.75, 3.05) is 0 Å². The molecular formula is C17H16FN3OS. The van der Waals surface area contributed by atoms with Gasteiger partial charge in [-0.2, -0.15) is 0 Å². The third-order valence-electron chi connectivity index (χ3n) is 3.44. The Bertz CT molecular complexity index is 811. The average molecular weight is 329 g/mol. The van der Waals surface area contributed by atoms with E-state index in [1.165, 1.54) is 17.4 Å². The van der Waals surface area contributed by atoms with Crippen LogP contribution in [0.3, 0.4) is 0 Å². The number of hydrogen-bond acceptors (Lipinski definition) is 3. The van der Waals surface area contributed by atoms with Crippen LogP contribution in [0, 0.1) is 5.82 Å². The van der Waals surface area contributed by atoms with Gasteiger partial charge in [0, 0.05) is 29.4 Å². The predicted octanol–water partition coefficient (Wildman–Crippen LogP) is 3.57. The quantitative estimate of drug-likeness (QED) is 0.778. The molecule has 0 aliphatic heterocycles. The van der Waals surface area contributed by atoms with Gasteiger partial charge in [0.2, 0.25) is 0 Å². The summed E-state index contributed by atoms with van der Waals surface area (Å²) in [5.41, 5.74) is 0.873. The average Bonchev–Trinajstić information content (AvgIpc) is 3.22. The SMILES string of the molecule is CCc1sc(-n2cccc2)nc1C(=O)NCc1ccccc1F. The van der Waals surface area contributed by atoms with Crippen LogP contribution in [0.1, 0.15) is 27.9 Å². The minimum atomic E-state index is -0.324. The molecule has 1 aromatic carbocycles. The molecule has 6 heteroatoms. The topological polar surface area (TPSA) is 46.9 Å². The lowest BCUT2D eigenvalue weighted by Gasteiger charge is -2.05. The number of halogens is 1. The van der Waals surface area contributed by atoms with Crippen LogP contribution < -0.4 is 5.32 Å². The van der Waals surface area contributed by atoms with Gasteiger partial charge in [0.25, 0.3) is 5.91 Å². The smallest absolute Gasteiger partial charge is 0.271 e. The third kappa shape index (κ3) is 3.32. The van der Waals surface area contributed by atoms with Crippen molar-refractivity contribution in [2.45, 2.75) is 19.9 Å². The summed E-state index contributed by atoms with van der Waals surface area (Å²) in [6.45, 7) is 2.13. The molecule has 2 aromatic heterocycles. The third-order valence-corrected chi connectivity index (χ3v) is 4.66. The van der Waals surface area contributed by atoms with Gasteiger partial charge < -0.3 is 9.88 Å². The Hall–Kier alpha value is -2.47. The van der Waals surface area contributed by atoms with Gasteiger partial charge in [-0.05, 0) is 24.6 Å². The number of rotatable bonds is 5. The van der Waals surface area contributed by atoms with Crippen LogP contribution in [-0.2, 0) is 13.0 Å². The monoisotopic (exact) mass is 329 g/mol. The van der Waals surface area contributed by atoms with Gasteiger partial charge in [0.15, 0.2) is 5.13 Å². The zero-order chi connectivity index (χ0) is 16.2. The van der Waals surface area contributed by atoms with E-state index in [-0.39, 0.29) is 18.3 Å². The summed E-state index contributed by atoms with van der Waals surface area (Å²) in [5, 5.41) is 3.50. The van der Waals surface area contributed by atoms with E-state index < -0.39 is 0 Å². The van der Waals surface area contributed by atoms with Gasteiger partial charge in [-0.1, -0.05) is 25.1 Å². The molecule has 0 radical (unpaired) electrons. The molecule has 0 unspecified atom stereocenters. The Kier molecular flexibility index (Phi) is 4.52. The van der Waals surface area contributed by atoms with E-state index in [1.807, 2.05) is 36.0 Å². The Morgan fingerprint density at radius 1 is 1.26 bits per heavy atom. The molecule has 0 saturated carbocycles. The summed E-state index contributed by atoms with van der Waals surface area (Å²) in [6.07, 6.45) is 4.50. The fourth-order valence-corrected chi connectivity index (χ4v) is 3.19. The van der Waals surface area contributed by atoms with Crippen LogP contribution >= 0.6 is 11.3 Å². The molecule has 0 atom stereocenters. The second-order valence-electron chi connectivity index (χ2n) is 4.99. The summed E-state index contributed by atoms with van der Waals surface area (Å²) >= 11 is 1.49. The van der Waals surface area contributed by atoms with Crippen LogP contribution in [0.25, 0.3) is 5.13 Å². The number of carbonyl (C=O) groups excluding carboxylic acids is 1. The number of aryl methyl sites for hydroxylation is 1. The zero-order valence-corrected chi connectivity index (χ0v) is 13.4. The second kappa shape index (κ2) is 6.75. The highest BCUT2D eigenvalue weighted by Gasteiger charge is 2.17. The zero-order valence-electron chi connectivity index (χ0n) is 12.6. The van der Waals surface area contributed by atoms with Crippen LogP contribution in [0.2, 0.25) is 0 Å². The highest BCUT2D eigenvalue weighted by molar-refractivity contribution is 7.14. The molecule has 23 heavy (non-hydrogen) atoms. The highest BCUT2D eigenvalue weighted by Crippen LogP contribution is 2.23. The van der Waals surface area contributed by atoms with Crippen LogP contribution in [0.5, 0.6) is 0 Å². The highest BCUT2D eigenvalue weighted by atomic mass is 32.1. The van der Waals surface area contributed by atoms with Crippen molar-refractivity contribution in [3.63, 3.8) is 0 Å². The van der Waals surface area contributed by atoms with Gasteiger partial charge in [0.1, 0.15) is 11.5 Å². The Morgan fingerprint density at radius 2 is 2.00 bits per heavy atom. The number of nitrogens with zero attached hydrogens (tertiary/aromatic N) is 2. The number of amides is 1. The van der Waals surface area contributed by atoms with Gasteiger partial charge in [-0.15, -0.1) is 11.3 Å². The van der Waals surface area contributed by atoms with E-state index in [1.54, 1.807) is 18.2 Å². The Balaban J connectivity index is 1.78. The summed E-state index contributed by atoms with van der Waals surface area (Å²) < 4.78 is 15.5. The number of thiazole rings is 1. The molecular weight excluding hydrogens is 313 g/mol. The molecule has 1 amide bonds. The summed E-state index contributed by atoms with van der Waals surface area (Å²) in [7, 11) is 0. The van der Waals surface area contributed by atoms with Crippen molar-refractivity contribution < 1.29 is 9.18 Å². The molecule has 0 aliphatic rings. The molecule has 118 valence electrons. The van der Waals surface area contributed by atoms with Crippen molar-refractivity contribution in [3.8, 4) is 5.13 Å². The maximum Gasteiger partial charge on any atom is 0.271 e. The van der Waals surface area contributed by atoms with Gasteiger partial charge in [0.05, 0.1) is 0 Å². The van der Waals surface area contributed by atoms with Crippen LogP contribution in [0.15, 0.2) is 48.8 Å².